The Kier molecular flexibility index (Phi) is 7.38. The number of aromatic hydroxyl groups is 1. The zero-order chi connectivity index (χ0) is 34.7. The van der Waals surface area contributed by atoms with Crippen LogP contribution in [0.15, 0.2) is 35.1 Å². The number of hydrogen-bond donors (Lipinski definition) is 8. The molecular weight excluding hydrogens is 636 g/mol. The number of fused-ring (bicyclic) bond motifs is 4. The smallest absolute Gasteiger partial charge is 0.327 e. The third kappa shape index (κ3) is 4.31. The molecular formula is C31H36N4O11S. The van der Waals surface area contributed by atoms with Crippen molar-refractivity contribution in [3.05, 3.63) is 46.2 Å². The minimum Gasteiger partial charge on any atom is -0.508 e. The van der Waals surface area contributed by atoms with E-state index in [-0.39, 0.29) is 17.5 Å². The molecule has 8 unspecified atom stereocenters. The Morgan fingerprint density at radius 3 is 2.36 bits per heavy atom. The molecule has 16 heteroatoms. The number of rotatable bonds is 6. The number of nitrogens with one attached hydrogen (secondary N) is 2. The molecule has 0 bridgehead atoms. The van der Waals surface area contributed by atoms with Crippen molar-refractivity contribution in [3.8, 4) is 5.75 Å². The third-order valence-corrected chi connectivity index (χ3v) is 11.8. The zero-order valence-corrected chi connectivity index (χ0v) is 27.0. The lowest BCUT2D eigenvalue weighted by molar-refractivity contribution is -0.160. The van der Waals surface area contributed by atoms with E-state index < -0.39 is 116 Å². The van der Waals surface area contributed by atoms with E-state index in [1.165, 1.54) is 60.8 Å². The zero-order valence-electron chi connectivity index (χ0n) is 26.1. The number of carboxylic acids is 1. The van der Waals surface area contributed by atoms with E-state index in [1.54, 1.807) is 13.8 Å². The molecule has 1 saturated carbocycles. The molecule has 1 aromatic rings. The Bertz CT molecular complexity index is 1720. The summed E-state index contributed by atoms with van der Waals surface area (Å²) in [5.41, 5.74) is -6.17. The van der Waals surface area contributed by atoms with E-state index in [1.807, 2.05) is 0 Å². The minimum absolute atomic E-state index is 0.129. The van der Waals surface area contributed by atoms with Gasteiger partial charge in [0.15, 0.2) is 11.4 Å². The molecule has 0 radical (unpaired) electrons. The number of phenols is 1. The molecule has 2 amide bonds. The van der Waals surface area contributed by atoms with Gasteiger partial charge in [-0.05, 0) is 52.9 Å². The lowest BCUT2D eigenvalue weighted by Crippen LogP contribution is -2.70. The average Bonchev–Trinajstić information content (AvgIpc) is 3.23. The van der Waals surface area contributed by atoms with Gasteiger partial charge in [0.2, 0.25) is 11.7 Å². The van der Waals surface area contributed by atoms with Crippen LogP contribution in [0.3, 0.4) is 0 Å². The van der Waals surface area contributed by atoms with Crippen molar-refractivity contribution in [3.63, 3.8) is 0 Å². The van der Waals surface area contributed by atoms with E-state index in [0.717, 1.165) is 0 Å². The predicted molar refractivity (Wildman–Crippen MR) is 165 cm³/mol. The van der Waals surface area contributed by atoms with Crippen molar-refractivity contribution in [1.82, 2.24) is 20.4 Å². The summed E-state index contributed by atoms with van der Waals surface area (Å²) in [5, 5.41) is 71.2. The fourth-order valence-electron chi connectivity index (χ4n) is 8.01. The fourth-order valence-corrected chi connectivity index (χ4v) is 9.67. The summed E-state index contributed by atoms with van der Waals surface area (Å²) < 4.78 is -0.772. The van der Waals surface area contributed by atoms with Crippen molar-refractivity contribution >= 4 is 46.9 Å². The topological polar surface area (TPSA) is 237 Å². The Morgan fingerprint density at radius 1 is 1.09 bits per heavy atom. The Balaban J connectivity index is 1.31. The van der Waals surface area contributed by atoms with E-state index in [0.29, 0.717) is 0 Å². The van der Waals surface area contributed by atoms with Crippen molar-refractivity contribution < 1.29 is 54.6 Å². The summed E-state index contributed by atoms with van der Waals surface area (Å²) in [6.45, 7) is 4.42. The molecule has 0 spiro atoms. The van der Waals surface area contributed by atoms with Gasteiger partial charge in [0.05, 0.1) is 23.9 Å². The molecule has 15 nitrogen and oxygen atoms in total. The highest BCUT2D eigenvalue weighted by Crippen LogP contribution is 2.57. The molecule has 0 aromatic heterocycles. The number of aliphatic hydroxyl groups is 4. The van der Waals surface area contributed by atoms with Crippen molar-refractivity contribution in [1.29, 1.82) is 0 Å². The van der Waals surface area contributed by atoms with Crippen LogP contribution in [0.1, 0.15) is 38.3 Å². The van der Waals surface area contributed by atoms with Crippen LogP contribution in [0.4, 0.5) is 0 Å². The van der Waals surface area contributed by atoms with Crippen LogP contribution in [-0.4, -0.2) is 124 Å². The second-order valence-corrected chi connectivity index (χ2v) is 15.3. The first-order valence-electron chi connectivity index (χ1n) is 14.9. The number of Topliss-reactive ketones (excluding diaryl/α,β-unsaturated/α-hetero) is 2. The molecule has 2 saturated heterocycles. The van der Waals surface area contributed by atoms with Crippen molar-refractivity contribution in [2.75, 3.05) is 20.8 Å². The average molecular weight is 673 g/mol. The number of ketones is 2. The van der Waals surface area contributed by atoms with Gasteiger partial charge >= 0.3 is 5.97 Å². The summed E-state index contributed by atoms with van der Waals surface area (Å²) in [5.74, 6) is -9.79. The van der Waals surface area contributed by atoms with E-state index >= 15 is 0 Å². The first-order chi connectivity index (χ1) is 21.8. The second kappa shape index (κ2) is 10.5. The number of aliphatic hydroxyl groups excluding tert-OH is 2. The van der Waals surface area contributed by atoms with Crippen LogP contribution >= 0.6 is 11.8 Å². The summed E-state index contributed by atoms with van der Waals surface area (Å²) in [7, 11) is 2.97. The van der Waals surface area contributed by atoms with Gasteiger partial charge in [-0.3, -0.25) is 29.4 Å². The number of nitrogens with zero attached hydrogens (tertiary/aromatic N) is 2. The van der Waals surface area contributed by atoms with Crippen LogP contribution in [-0.2, 0) is 29.6 Å². The van der Waals surface area contributed by atoms with Gasteiger partial charge in [-0.2, -0.15) is 0 Å². The SMILES string of the molecule is CN(C)C1C(=O)C(C(=O)NCNC2C(=O)N3C2SC(C)(C)C3C(=O)O)=C(O)C2(O)C(=O)C3=C(O)c4c(O)cccc4C(C)(O)C3CC12. The van der Waals surface area contributed by atoms with Crippen molar-refractivity contribution in [2.45, 2.75) is 66.6 Å². The molecule has 5 aliphatic rings. The van der Waals surface area contributed by atoms with E-state index in [2.05, 4.69) is 10.6 Å². The molecule has 1 aromatic carbocycles. The molecule has 3 aliphatic carbocycles. The highest BCUT2D eigenvalue weighted by Gasteiger charge is 2.67. The number of carboxylic acid groups (broad SMARTS) is 1. The maximum atomic E-state index is 14.2. The lowest BCUT2D eigenvalue weighted by atomic mass is 9.54. The van der Waals surface area contributed by atoms with Crippen LogP contribution in [0.25, 0.3) is 5.76 Å². The molecule has 3 fully saturated rings. The molecule has 252 valence electrons. The van der Waals surface area contributed by atoms with Gasteiger partial charge < -0.3 is 40.9 Å². The molecule has 8 atom stereocenters. The van der Waals surface area contributed by atoms with Gasteiger partial charge in [-0.15, -0.1) is 11.8 Å². The van der Waals surface area contributed by atoms with Gasteiger partial charge in [-0.25, -0.2) is 4.79 Å². The first-order valence-corrected chi connectivity index (χ1v) is 15.8. The first kappa shape index (κ1) is 33.0. The van der Waals surface area contributed by atoms with Crippen LogP contribution < -0.4 is 10.6 Å². The Labute approximate surface area is 272 Å². The maximum absolute atomic E-state index is 14.2. The largest absolute Gasteiger partial charge is 0.508 e. The van der Waals surface area contributed by atoms with Gasteiger partial charge in [0.25, 0.3) is 5.91 Å². The number of carbonyl (C=O) groups is 5. The third-order valence-electron chi connectivity index (χ3n) is 10.2. The van der Waals surface area contributed by atoms with E-state index in [9.17, 15) is 54.6 Å². The van der Waals surface area contributed by atoms with Crippen molar-refractivity contribution in [2.24, 2.45) is 11.8 Å². The second-order valence-electron chi connectivity index (χ2n) is 13.6. The number of phenolic OH excluding ortho intramolecular Hbond substituents is 1. The maximum Gasteiger partial charge on any atom is 0.327 e. The summed E-state index contributed by atoms with van der Waals surface area (Å²) in [6.07, 6.45) is -0.272. The molecule has 8 N–H and O–H groups in total. The highest BCUT2D eigenvalue weighted by molar-refractivity contribution is 8.01. The van der Waals surface area contributed by atoms with Crippen LogP contribution in [0.5, 0.6) is 5.75 Å². The lowest BCUT2D eigenvalue weighted by Gasteiger charge is -2.53. The Morgan fingerprint density at radius 2 is 1.74 bits per heavy atom. The molecule has 2 aliphatic heterocycles. The quantitative estimate of drug-likeness (QED) is 0.106. The summed E-state index contributed by atoms with van der Waals surface area (Å²) in [6, 6.07) is 0.968. The number of hydrogen-bond acceptors (Lipinski definition) is 13. The number of carbonyl (C=O) groups excluding carboxylic acids is 4. The molecule has 47 heavy (non-hydrogen) atoms. The number of amides is 2. The summed E-state index contributed by atoms with van der Waals surface area (Å²) >= 11 is 1.29. The number of aliphatic carboxylic acids is 1. The summed E-state index contributed by atoms with van der Waals surface area (Å²) in [4.78, 5) is 68.7. The number of β-lactam (4-membered cyclic amide) rings is 1. The number of thioether (sulfide) groups is 1. The highest BCUT2D eigenvalue weighted by atomic mass is 32.2. The van der Waals surface area contributed by atoms with Gasteiger partial charge in [0.1, 0.15) is 40.3 Å². The standard InChI is InChI=1S/C31H36N4O11S/c1-29(2)22(28(43)44)35-26(42)18(27(35)47-29)32-10-33-25(41)17-21(38)19(34(4)5)13-9-12-16(23(39)31(13,46)24(17)40)20(37)15-11(30(12,3)45)7-6-8-14(15)36/h6-8,12-13,18-19,22,27,32,36-37,40,45-46H,9-10H2,1-5H3,(H,33,41)(H,43,44). The normalized spacial score (nSPS) is 35.7. The minimum atomic E-state index is -2.87. The number of likely N-dealkylation sites (N-methyl/N-ethyl adjacent to an activating group) is 1. The van der Waals surface area contributed by atoms with Crippen LogP contribution in [0, 0.1) is 11.8 Å². The van der Waals surface area contributed by atoms with Gasteiger partial charge in [-0.1, -0.05) is 12.1 Å². The predicted octanol–water partition coefficient (Wildman–Crippen LogP) is -0.677. The Hall–Kier alpha value is -3.96. The fraction of sp³-hybridized carbons (Fsp3) is 0.516. The molecule has 2 heterocycles. The van der Waals surface area contributed by atoms with Gasteiger partial charge in [0, 0.05) is 22.2 Å². The monoisotopic (exact) mass is 672 g/mol. The van der Waals surface area contributed by atoms with E-state index in [4.69, 9.17) is 0 Å². The molecule has 6 rings (SSSR count). The number of benzene rings is 1. The van der Waals surface area contributed by atoms with Crippen LogP contribution in [0.2, 0.25) is 0 Å².